The van der Waals surface area contributed by atoms with Gasteiger partial charge in [0.1, 0.15) is 11.4 Å². The molecule has 0 radical (unpaired) electrons. The van der Waals surface area contributed by atoms with E-state index in [1.54, 1.807) is 24.3 Å². The largest absolute Gasteiger partial charge is 0.467 e. The van der Waals surface area contributed by atoms with Crippen LogP contribution in [0.4, 0.5) is 11.4 Å². The summed E-state index contributed by atoms with van der Waals surface area (Å²) >= 11 is 0. The molecule has 0 spiro atoms. The minimum Gasteiger partial charge on any atom is -0.467 e. The van der Waals surface area contributed by atoms with E-state index >= 15 is 0 Å². The van der Waals surface area contributed by atoms with Gasteiger partial charge in [0, 0.05) is 24.7 Å². The molecule has 1 aliphatic heterocycles. The van der Waals surface area contributed by atoms with Crippen LogP contribution in [0, 0.1) is 16.0 Å². The Bertz CT molecular complexity index is 758. The SMILES string of the molecule is C[C@@H]1CCCN(c2ccc(C(=O)NCc3ccco3)cc2[N+](=O)[O-])C1. The lowest BCUT2D eigenvalue weighted by atomic mass is 9.99. The molecule has 2 heterocycles. The van der Waals surface area contributed by atoms with Crippen molar-refractivity contribution in [1.82, 2.24) is 5.32 Å². The lowest BCUT2D eigenvalue weighted by molar-refractivity contribution is -0.384. The molecule has 0 bridgehead atoms. The molecule has 0 saturated carbocycles. The van der Waals surface area contributed by atoms with Crippen LogP contribution in [0.25, 0.3) is 0 Å². The first-order chi connectivity index (χ1) is 12.0. The van der Waals surface area contributed by atoms with Gasteiger partial charge in [-0.3, -0.25) is 14.9 Å². The summed E-state index contributed by atoms with van der Waals surface area (Å²) in [6.07, 6.45) is 3.68. The highest BCUT2D eigenvalue weighted by molar-refractivity contribution is 5.95. The van der Waals surface area contributed by atoms with Gasteiger partial charge >= 0.3 is 0 Å². The first-order valence-corrected chi connectivity index (χ1v) is 8.38. The molecule has 7 heteroatoms. The zero-order valence-corrected chi connectivity index (χ0v) is 14.1. The highest BCUT2D eigenvalue weighted by Crippen LogP contribution is 2.32. The van der Waals surface area contributed by atoms with Crippen molar-refractivity contribution in [1.29, 1.82) is 0 Å². The lowest BCUT2D eigenvalue weighted by Crippen LogP contribution is -2.34. The summed E-state index contributed by atoms with van der Waals surface area (Å²) in [4.78, 5) is 25.4. The Balaban J connectivity index is 1.78. The molecule has 7 nitrogen and oxygen atoms in total. The summed E-state index contributed by atoms with van der Waals surface area (Å²) in [5.41, 5.74) is 0.825. The first-order valence-electron chi connectivity index (χ1n) is 8.38. The fourth-order valence-electron chi connectivity index (χ4n) is 3.17. The van der Waals surface area contributed by atoms with Crippen LogP contribution in [0.2, 0.25) is 0 Å². The number of hydrogen-bond donors (Lipinski definition) is 1. The summed E-state index contributed by atoms with van der Waals surface area (Å²) in [6, 6.07) is 8.16. The summed E-state index contributed by atoms with van der Waals surface area (Å²) in [6.45, 7) is 3.99. The minimum atomic E-state index is -0.419. The number of amides is 1. The quantitative estimate of drug-likeness (QED) is 0.664. The van der Waals surface area contributed by atoms with Crippen LogP contribution >= 0.6 is 0 Å². The van der Waals surface area contributed by atoms with Crippen LogP contribution in [0.5, 0.6) is 0 Å². The lowest BCUT2D eigenvalue weighted by Gasteiger charge is -2.32. The van der Waals surface area contributed by atoms with Gasteiger partial charge in [-0.15, -0.1) is 0 Å². The molecule has 1 fully saturated rings. The molecule has 0 unspecified atom stereocenters. The maximum Gasteiger partial charge on any atom is 0.293 e. The monoisotopic (exact) mass is 343 g/mol. The van der Waals surface area contributed by atoms with Gasteiger partial charge in [-0.1, -0.05) is 6.92 Å². The number of hydrogen-bond acceptors (Lipinski definition) is 5. The smallest absolute Gasteiger partial charge is 0.293 e. The molecular weight excluding hydrogens is 322 g/mol. The number of furan rings is 1. The van der Waals surface area contributed by atoms with Crippen LogP contribution in [-0.2, 0) is 6.54 Å². The highest BCUT2D eigenvalue weighted by Gasteiger charge is 2.25. The average Bonchev–Trinajstić information content (AvgIpc) is 3.12. The van der Waals surface area contributed by atoms with E-state index in [-0.39, 0.29) is 23.7 Å². The first kappa shape index (κ1) is 17.0. The number of nitro benzene ring substituents is 1. The Morgan fingerprint density at radius 1 is 1.44 bits per heavy atom. The fourth-order valence-corrected chi connectivity index (χ4v) is 3.17. The van der Waals surface area contributed by atoms with Crippen molar-refractivity contribution in [2.45, 2.75) is 26.3 Å². The van der Waals surface area contributed by atoms with Crippen molar-refractivity contribution < 1.29 is 14.1 Å². The Kier molecular flexibility index (Phi) is 5.02. The second-order valence-corrected chi connectivity index (χ2v) is 6.42. The molecule has 0 aliphatic carbocycles. The van der Waals surface area contributed by atoms with Crippen molar-refractivity contribution in [2.24, 2.45) is 5.92 Å². The molecular formula is C18H21N3O4. The van der Waals surface area contributed by atoms with E-state index in [1.165, 1.54) is 12.3 Å². The van der Waals surface area contributed by atoms with Crippen molar-refractivity contribution in [3.8, 4) is 0 Å². The van der Waals surface area contributed by atoms with Crippen molar-refractivity contribution in [3.05, 3.63) is 58.0 Å². The number of carbonyl (C=O) groups is 1. The number of nitro groups is 1. The van der Waals surface area contributed by atoms with Gasteiger partial charge in [0.25, 0.3) is 11.6 Å². The van der Waals surface area contributed by atoms with Crippen LogP contribution < -0.4 is 10.2 Å². The second kappa shape index (κ2) is 7.38. The molecule has 132 valence electrons. The van der Waals surface area contributed by atoms with E-state index in [0.29, 0.717) is 17.4 Å². The maximum atomic E-state index is 12.3. The second-order valence-electron chi connectivity index (χ2n) is 6.42. The maximum absolute atomic E-state index is 12.3. The summed E-state index contributed by atoms with van der Waals surface area (Å²) < 4.78 is 5.16. The van der Waals surface area contributed by atoms with E-state index < -0.39 is 4.92 Å². The molecule has 1 saturated heterocycles. The minimum absolute atomic E-state index is 0.0280. The third-order valence-electron chi connectivity index (χ3n) is 4.44. The van der Waals surface area contributed by atoms with Crippen molar-refractivity contribution in [2.75, 3.05) is 18.0 Å². The molecule has 1 aromatic heterocycles. The topological polar surface area (TPSA) is 88.6 Å². The van der Waals surface area contributed by atoms with Gasteiger partial charge in [0.15, 0.2) is 0 Å². The Morgan fingerprint density at radius 3 is 2.96 bits per heavy atom. The molecule has 1 aliphatic rings. The van der Waals surface area contributed by atoms with Crippen LogP contribution in [-0.4, -0.2) is 23.9 Å². The number of anilines is 1. The van der Waals surface area contributed by atoms with Crippen molar-refractivity contribution >= 4 is 17.3 Å². The predicted octanol–water partition coefficient (Wildman–Crippen LogP) is 3.35. The average molecular weight is 343 g/mol. The molecule has 1 N–H and O–H groups in total. The molecule has 1 aromatic carbocycles. The van der Waals surface area contributed by atoms with Crippen LogP contribution in [0.3, 0.4) is 0 Å². The molecule has 1 atom stereocenters. The van der Waals surface area contributed by atoms with E-state index in [9.17, 15) is 14.9 Å². The van der Waals surface area contributed by atoms with Crippen molar-refractivity contribution in [3.63, 3.8) is 0 Å². The highest BCUT2D eigenvalue weighted by atomic mass is 16.6. The zero-order valence-electron chi connectivity index (χ0n) is 14.1. The van der Waals surface area contributed by atoms with Gasteiger partial charge in [-0.2, -0.15) is 0 Å². The fraction of sp³-hybridized carbons (Fsp3) is 0.389. The third-order valence-corrected chi connectivity index (χ3v) is 4.44. The van der Waals surface area contributed by atoms with Gasteiger partial charge in [0.05, 0.1) is 17.7 Å². The normalized spacial score (nSPS) is 17.3. The summed E-state index contributed by atoms with van der Waals surface area (Å²) in [5, 5.41) is 14.2. The van der Waals surface area contributed by atoms with Gasteiger partial charge < -0.3 is 14.6 Å². The standard InChI is InChI=1S/C18H21N3O4/c1-13-4-2-8-20(12-13)16-7-6-14(10-17(16)21(23)24)18(22)19-11-15-5-3-9-25-15/h3,5-7,9-10,13H,2,4,8,11-12H2,1H3,(H,19,22)/t13-/m1/s1. The van der Waals surface area contributed by atoms with E-state index in [4.69, 9.17) is 4.42 Å². The molecule has 1 amide bonds. The third kappa shape index (κ3) is 3.99. The van der Waals surface area contributed by atoms with Crippen LogP contribution in [0.1, 0.15) is 35.9 Å². The molecule has 2 aromatic rings. The Hall–Kier alpha value is -2.83. The predicted molar refractivity (Wildman–Crippen MR) is 93.6 cm³/mol. The number of rotatable bonds is 5. The number of nitrogens with zero attached hydrogens (tertiary/aromatic N) is 2. The number of nitrogens with one attached hydrogen (secondary N) is 1. The number of piperidine rings is 1. The Labute approximate surface area is 145 Å². The Morgan fingerprint density at radius 2 is 2.28 bits per heavy atom. The van der Waals surface area contributed by atoms with E-state index in [0.717, 1.165) is 25.9 Å². The van der Waals surface area contributed by atoms with E-state index in [2.05, 4.69) is 12.2 Å². The number of carbonyl (C=O) groups excluding carboxylic acids is 1. The molecule has 25 heavy (non-hydrogen) atoms. The van der Waals surface area contributed by atoms with Gasteiger partial charge in [0.2, 0.25) is 0 Å². The molecule has 3 rings (SSSR count). The van der Waals surface area contributed by atoms with Gasteiger partial charge in [-0.25, -0.2) is 0 Å². The van der Waals surface area contributed by atoms with Gasteiger partial charge in [-0.05, 0) is 43.0 Å². The summed E-state index contributed by atoms with van der Waals surface area (Å²) in [5.74, 6) is 0.768. The summed E-state index contributed by atoms with van der Waals surface area (Å²) in [7, 11) is 0. The van der Waals surface area contributed by atoms with Crippen LogP contribution in [0.15, 0.2) is 41.0 Å². The number of benzene rings is 1. The zero-order chi connectivity index (χ0) is 17.8. The van der Waals surface area contributed by atoms with E-state index in [1.807, 2.05) is 4.90 Å².